The van der Waals surface area contributed by atoms with Gasteiger partial charge in [0.05, 0.1) is 20.1 Å². The zero-order chi connectivity index (χ0) is 12.4. The molecule has 0 aliphatic rings. The molecule has 0 saturated heterocycles. The maximum absolute atomic E-state index is 9.50. The molecular weight excluding hydrogens is 207 g/mol. The van der Waals surface area contributed by atoms with Gasteiger partial charge in [-0.2, -0.15) is 0 Å². The topological polar surface area (TPSA) is 58.9 Å². The molecule has 0 aromatic carbocycles. The summed E-state index contributed by atoms with van der Waals surface area (Å²) in [6.07, 6.45) is 1.90. The van der Waals surface area contributed by atoms with Crippen LogP contribution in [0.25, 0.3) is 0 Å². The molecule has 5 heteroatoms. The van der Waals surface area contributed by atoms with E-state index in [0.717, 1.165) is 6.42 Å². The van der Waals surface area contributed by atoms with E-state index in [1.807, 2.05) is 6.92 Å². The number of hydrogen-bond acceptors (Lipinski definition) is 4. The lowest BCUT2D eigenvalue weighted by molar-refractivity contribution is -0.143. The van der Waals surface area contributed by atoms with E-state index in [0.29, 0.717) is 25.6 Å². The summed E-state index contributed by atoms with van der Waals surface area (Å²) in [7, 11) is 7.16. The fourth-order valence-electron chi connectivity index (χ4n) is 1.51. The molecule has 94 valence electrons. The van der Waals surface area contributed by atoms with Gasteiger partial charge in [0.1, 0.15) is 0 Å². The van der Waals surface area contributed by atoms with Crippen molar-refractivity contribution in [2.45, 2.75) is 57.4 Å². The van der Waals surface area contributed by atoms with E-state index in [4.69, 9.17) is 22.4 Å². The number of methoxy groups -OCH3 is 1. The van der Waals surface area contributed by atoms with Crippen LogP contribution in [0.3, 0.4) is 0 Å². The van der Waals surface area contributed by atoms with Crippen LogP contribution in [0, 0.1) is 0 Å². The number of aliphatic hydroxyl groups is 2. The molecule has 2 radical (unpaired) electrons. The van der Waals surface area contributed by atoms with Crippen molar-refractivity contribution in [3.05, 3.63) is 0 Å². The van der Waals surface area contributed by atoms with Crippen molar-refractivity contribution < 1.29 is 19.7 Å². The lowest BCUT2D eigenvalue weighted by Gasteiger charge is -2.24. The van der Waals surface area contributed by atoms with Gasteiger partial charge in [-0.1, -0.05) is 19.7 Å². The van der Waals surface area contributed by atoms with Crippen molar-refractivity contribution in [2.75, 3.05) is 13.7 Å². The van der Waals surface area contributed by atoms with Gasteiger partial charge in [0.2, 0.25) is 0 Å². The molecule has 0 rings (SSSR count). The second-order valence-electron chi connectivity index (χ2n) is 3.84. The monoisotopic (exact) mass is 230 g/mol. The summed E-state index contributed by atoms with van der Waals surface area (Å²) in [5.74, 6) is 0. The molecule has 3 unspecified atom stereocenters. The van der Waals surface area contributed by atoms with E-state index in [-0.39, 0.29) is 18.8 Å². The van der Waals surface area contributed by atoms with Crippen LogP contribution < -0.4 is 0 Å². The normalized spacial score (nSPS) is 17.0. The molecule has 0 aromatic rings. The molecule has 0 heterocycles. The summed E-state index contributed by atoms with van der Waals surface area (Å²) in [5, 5.41) is 18.3. The molecule has 16 heavy (non-hydrogen) atoms. The molecule has 3 atom stereocenters. The SMILES string of the molecule is [B]CC(CC(CCO)OC)OC(O)CCC. The van der Waals surface area contributed by atoms with Crippen LogP contribution in [0.15, 0.2) is 0 Å². The molecule has 2 N–H and O–H groups in total. The average molecular weight is 230 g/mol. The summed E-state index contributed by atoms with van der Waals surface area (Å²) >= 11 is 0. The molecule has 0 aromatic heterocycles. The molecule has 0 aliphatic carbocycles. The Bertz CT molecular complexity index is 157. The Morgan fingerprint density at radius 3 is 2.38 bits per heavy atom. The van der Waals surface area contributed by atoms with Crippen LogP contribution in [-0.2, 0) is 9.47 Å². The minimum absolute atomic E-state index is 0.0765. The van der Waals surface area contributed by atoms with E-state index < -0.39 is 6.29 Å². The standard InChI is InChI=1S/C11H23BO4/c1-3-4-11(14)16-10(8-12)7-9(15-2)5-6-13/h9-11,13-14H,3-8H2,1-2H3. The third-order valence-corrected chi connectivity index (χ3v) is 2.46. The first kappa shape index (κ1) is 15.9. The van der Waals surface area contributed by atoms with Gasteiger partial charge < -0.3 is 19.7 Å². The molecule has 0 amide bonds. The Kier molecular flexibility index (Phi) is 10.0. The lowest BCUT2D eigenvalue weighted by Crippen LogP contribution is -2.27. The molecule has 0 bridgehead atoms. The van der Waals surface area contributed by atoms with Gasteiger partial charge in [-0.3, -0.25) is 0 Å². The van der Waals surface area contributed by atoms with Crippen molar-refractivity contribution in [2.24, 2.45) is 0 Å². The van der Waals surface area contributed by atoms with Gasteiger partial charge in [-0.15, -0.1) is 0 Å². The number of rotatable bonds is 10. The Hall–Kier alpha value is -0.0951. The predicted octanol–water partition coefficient (Wildman–Crippen LogP) is 0.864. The number of ether oxygens (including phenoxy) is 2. The van der Waals surface area contributed by atoms with Crippen LogP contribution in [0.2, 0.25) is 6.32 Å². The van der Waals surface area contributed by atoms with Crippen molar-refractivity contribution in [1.82, 2.24) is 0 Å². The van der Waals surface area contributed by atoms with E-state index in [2.05, 4.69) is 0 Å². The van der Waals surface area contributed by atoms with Crippen molar-refractivity contribution in [1.29, 1.82) is 0 Å². The predicted molar refractivity (Wildman–Crippen MR) is 63.5 cm³/mol. The molecule has 0 saturated carbocycles. The maximum atomic E-state index is 9.50. The summed E-state index contributed by atoms with van der Waals surface area (Å²) in [6, 6.07) is 0. The van der Waals surface area contributed by atoms with Gasteiger partial charge >= 0.3 is 0 Å². The number of aliphatic hydroxyl groups excluding tert-OH is 2. The minimum Gasteiger partial charge on any atom is -0.396 e. The smallest absolute Gasteiger partial charge is 0.154 e. The molecule has 0 fully saturated rings. The summed E-state index contributed by atoms with van der Waals surface area (Å²) in [4.78, 5) is 0. The van der Waals surface area contributed by atoms with Gasteiger partial charge in [0.15, 0.2) is 6.29 Å². The van der Waals surface area contributed by atoms with Crippen LogP contribution in [0.5, 0.6) is 0 Å². The third-order valence-electron chi connectivity index (χ3n) is 2.46. The van der Waals surface area contributed by atoms with Gasteiger partial charge in [0.25, 0.3) is 0 Å². The highest BCUT2D eigenvalue weighted by atomic mass is 16.6. The first-order valence-electron chi connectivity index (χ1n) is 5.85. The zero-order valence-corrected chi connectivity index (χ0v) is 10.3. The van der Waals surface area contributed by atoms with Gasteiger partial charge in [-0.05, 0) is 19.3 Å². The van der Waals surface area contributed by atoms with E-state index in [1.165, 1.54) is 0 Å². The highest BCUT2D eigenvalue weighted by Crippen LogP contribution is 2.14. The Labute approximate surface area is 99.4 Å². The van der Waals surface area contributed by atoms with Gasteiger partial charge in [0, 0.05) is 13.7 Å². The largest absolute Gasteiger partial charge is 0.396 e. The Morgan fingerprint density at radius 2 is 1.94 bits per heavy atom. The summed E-state index contributed by atoms with van der Waals surface area (Å²) < 4.78 is 10.6. The fourth-order valence-corrected chi connectivity index (χ4v) is 1.51. The first-order chi connectivity index (χ1) is 7.67. The second-order valence-corrected chi connectivity index (χ2v) is 3.84. The van der Waals surface area contributed by atoms with Crippen molar-refractivity contribution in [3.63, 3.8) is 0 Å². The highest BCUT2D eigenvalue weighted by molar-refractivity contribution is 6.08. The van der Waals surface area contributed by atoms with Gasteiger partial charge in [-0.25, -0.2) is 0 Å². The van der Waals surface area contributed by atoms with E-state index in [1.54, 1.807) is 7.11 Å². The van der Waals surface area contributed by atoms with Crippen LogP contribution in [0.1, 0.15) is 32.6 Å². The molecular formula is C11H23BO4. The average Bonchev–Trinajstić information content (AvgIpc) is 2.27. The quantitative estimate of drug-likeness (QED) is 0.431. The summed E-state index contributed by atoms with van der Waals surface area (Å²) in [5.41, 5.74) is 0. The summed E-state index contributed by atoms with van der Waals surface area (Å²) in [6.45, 7) is 2.06. The number of hydrogen-bond donors (Lipinski definition) is 2. The Balaban J connectivity index is 3.96. The molecule has 0 spiro atoms. The van der Waals surface area contributed by atoms with Crippen molar-refractivity contribution >= 4 is 7.85 Å². The second kappa shape index (κ2) is 10.1. The molecule has 0 aliphatic heterocycles. The van der Waals surface area contributed by atoms with Crippen LogP contribution in [-0.4, -0.2) is 50.3 Å². The fraction of sp³-hybridized carbons (Fsp3) is 1.00. The lowest BCUT2D eigenvalue weighted by atomic mass is 9.94. The third kappa shape index (κ3) is 7.22. The molecule has 4 nitrogen and oxygen atoms in total. The first-order valence-corrected chi connectivity index (χ1v) is 5.85. The van der Waals surface area contributed by atoms with Crippen LogP contribution >= 0.6 is 0 Å². The van der Waals surface area contributed by atoms with E-state index in [9.17, 15) is 5.11 Å². The van der Waals surface area contributed by atoms with E-state index >= 15 is 0 Å². The van der Waals surface area contributed by atoms with Crippen molar-refractivity contribution in [3.8, 4) is 0 Å². The highest BCUT2D eigenvalue weighted by Gasteiger charge is 2.17. The Morgan fingerprint density at radius 1 is 1.25 bits per heavy atom. The maximum Gasteiger partial charge on any atom is 0.154 e. The zero-order valence-electron chi connectivity index (χ0n) is 10.3. The van der Waals surface area contributed by atoms with Crippen LogP contribution in [0.4, 0.5) is 0 Å². The minimum atomic E-state index is -0.759.